The number of carbonyl (C=O) groups is 2. The number of amides is 1. The van der Waals surface area contributed by atoms with Crippen molar-refractivity contribution in [3.8, 4) is 0 Å². The molecule has 4 nitrogen and oxygen atoms in total. The van der Waals surface area contributed by atoms with Gasteiger partial charge < -0.3 is 10.0 Å². The summed E-state index contributed by atoms with van der Waals surface area (Å²) in [4.78, 5) is 25.6. The molecule has 0 aliphatic carbocycles. The molecule has 0 saturated carbocycles. The normalized spacial score (nSPS) is 19.8. The summed E-state index contributed by atoms with van der Waals surface area (Å²) in [5, 5.41) is 9.34. The van der Waals surface area contributed by atoms with Gasteiger partial charge in [0.15, 0.2) is 0 Å². The second kappa shape index (κ2) is 5.74. The lowest BCUT2D eigenvalue weighted by molar-refractivity contribution is -0.157. The molecule has 20 heavy (non-hydrogen) atoms. The average molecular weight is 283 g/mol. The number of nitrogens with zero attached hydrogens (tertiary/aromatic N) is 1. The monoisotopic (exact) mass is 283 g/mol. The topological polar surface area (TPSA) is 57.6 Å². The molecular weight excluding hydrogens is 254 g/mol. The molecule has 0 aromatic carbocycles. The quantitative estimate of drug-likeness (QED) is 0.793. The van der Waals surface area contributed by atoms with Crippen molar-refractivity contribution in [3.05, 3.63) is 0 Å². The summed E-state index contributed by atoms with van der Waals surface area (Å²) < 4.78 is 0. The van der Waals surface area contributed by atoms with Gasteiger partial charge >= 0.3 is 5.97 Å². The van der Waals surface area contributed by atoms with E-state index in [1.54, 1.807) is 4.90 Å². The van der Waals surface area contributed by atoms with Crippen molar-refractivity contribution in [2.24, 2.45) is 22.7 Å². The van der Waals surface area contributed by atoms with Gasteiger partial charge in [0.05, 0.1) is 0 Å². The third-order valence-corrected chi connectivity index (χ3v) is 4.39. The number of carboxylic acid groups (broad SMARTS) is 1. The minimum absolute atomic E-state index is 0.225. The zero-order chi connectivity index (χ0) is 15.7. The molecule has 1 atom stereocenters. The molecule has 1 saturated heterocycles. The number of hydrogen-bond acceptors (Lipinski definition) is 2. The van der Waals surface area contributed by atoms with Crippen LogP contribution in [-0.2, 0) is 9.59 Å². The lowest BCUT2D eigenvalue weighted by Crippen LogP contribution is -2.49. The van der Waals surface area contributed by atoms with E-state index in [1.165, 1.54) is 0 Å². The van der Waals surface area contributed by atoms with Crippen LogP contribution in [-0.4, -0.2) is 35.0 Å². The van der Waals surface area contributed by atoms with Crippen molar-refractivity contribution in [2.45, 2.75) is 54.4 Å². The molecule has 0 spiro atoms. The number of piperidine rings is 1. The molecule has 1 fully saturated rings. The van der Waals surface area contributed by atoms with Crippen molar-refractivity contribution in [3.63, 3.8) is 0 Å². The second-order valence-corrected chi connectivity index (χ2v) is 8.10. The van der Waals surface area contributed by atoms with E-state index in [0.29, 0.717) is 19.0 Å². The van der Waals surface area contributed by atoms with Gasteiger partial charge in [-0.15, -0.1) is 0 Å². The first-order valence-electron chi connectivity index (χ1n) is 7.46. The molecule has 0 aromatic heterocycles. The first-order valence-corrected chi connectivity index (χ1v) is 7.46. The molecule has 1 heterocycles. The number of carbonyl (C=O) groups excluding carboxylic acids is 1. The van der Waals surface area contributed by atoms with Crippen LogP contribution in [0.3, 0.4) is 0 Å². The number of aliphatic carboxylic acids is 1. The Morgan fingerprint density at radius 1 is 1.05 bits per heavy atom. The smallest absolute Gasteiger partial charge is 0.316 e. The predicted molar refractivity (Wildman–Crippen MR) is 79.3 cm³/mol. The molecule has 0 aromatic rings. The van der Waals surface area contributed by atoms with Gasteiger partial charge in [-0.3, -0.25) is 9.59 Å². The zero-order valence-electron chi connectivity index (χ0n) is 13.7. The predicted octanol–water partition coefficient (Wildman–Crippen LogP) is 3.02. The third-order valence-electron chi connectivity index (χ3n) is 4.39. The molecule has 1 unspecified atom stereocenters. The molecule has 1 aliphatic rings. The molecule has 1 aliphatic heterocycles. The fraction of sp³-hybridized carbons (Fsp3) is 0.875. The first-order chi connectivity index (χ1) is 8.94. The van der Waals surface area contributed by atoms with Crippen molar-refractivity contribution >= 4 is 11.9 Å². The van der Waals surface area contributed by atoms with Crippen LogP contribution in [0.25, 0.3) is 0 Å². The van der Waals surface area contributed by atoms with Crippen LogP contribution < -0.4 is 0 Å². The highest BCUT2D eigenvalue weighted by molar-refractivity contribution is 5.97. The van der Waals surface area contributed by atoms with E-state index in [4.69, 9.17) is 0 Å². The molecule has 1 amide bonds. The third kappa shape index (κ3) is 3.97. The average Bonchev–Trinajstić information content (AvgIpc) is 2.25. The molecule has 1 rings (SSSR count). The number of rotatable bonds is 2. The van der Waals surface area contributed by atoms with E-state index in [2.05, 4.69) is 20.8 Å². The van der Waals surface area contributed by atoms with Crippen molar-refractivity contribution in [1.29, 1.82) is 0 Å². The van der Waals surface area contributed by atoms with Crippen LogP contribution >= 0.6 is 0 Å². The van der Waals surface area contributed by atoms with Crippen molar-refractivity contribution in [2.75, 3.05) is 13.1 Å². The number of hydrogen-bond donors (Lipinski definition) is 1. The maximum Gasteiger partial charge on any atom is 0.316 e. The Labute approximate surface area is 122 Å². The van der Waals surface area contributed by atoms with E-state index >= 15 is 0 Å². The Kier molecular flexibility index (Phi) is 4.88. The van der Waals surface area contributed by atoms with Crippen LogP contribution in [0.5, 0.6) is 0 Å². The molecule has 1 N–H and O–H groups in total. The minimum Gasteiger partial charge on any atom is -0.481 e. The van der Waals surface area contributed by atoms with Crippen LogP contribution in [0.15, 0.2) is 0 Å². The fourth-order valence-electron chi connectivity index (χ4n) is 2.99. The summed E-state index contributed by atoms with van der Waals surface area (Å²) >= 11 is 0. The molecule has 0 radical (unpaired) electrons. The van der Waals surface area contributed by atoms with E-state index in [-0.39, 0.29) is 11.3 Å². The van der Waals surface area contributed by atoms with E-state index < -0.39 is 17.3 Å². The standard InChI is InChI=1S/C16H29NO3/c1-15(2,3)11-7-9-17(10-8-11)13(18)12(14(19)20)16(4,5)6/h11-12H,7-10H2,1-6H3,(H,19,20). The second-order valence-electron chi connectivity index (χ2n) is 8.10. The Balaban J connectivity index is 2.73. The van der Waals surface area contributed by atoms with Crippen molar-refractivity contribution < 1.29 is 14.7 Å². The maximum absolute atomic E-state index is 12.5. The summed E-state index contributed by atoms with van der Waals surface area (Å²) in [5.41, 5.74) is -0.296. The first kappa shape index (κ1) is 17.0. The summed E-state index contributed by atoms with van der Waals surface area (Å²) in [6.07, 6.45) is 1.93. The summed E-state index contributed by atoms with van der Waals surface area (Å²) in [7, 11) is 0. The van der Waals surface area contributed by atoms with Crippen LogP contribution in [0, 0.1) is 22.7 Å². The molecule has 4 heteroatoms. The molecule has 116 valence electrons. The number of likely N-dealkylation sites (tertiary alicyclic amines) is 1. The lowest BCUT2D eigenvalue weighted by Gasteiger charge is -2.40. The Bertz CT molecular complexity index is 368. The maximum atomic E-state index is 12.5. The molecule has 0 bridgehead atoms. The lowest BCUT2D eigenvalue weighted by atomic mass is 9.74. The van der Waals surface area contributed by atoms with Crippen LogP contribution in [0.4, 0.5) is 0 Å². The summed E-state index contributed by atoms with van der Waals surface area (Å²) in [6, 6.07) is 0. The highest BCUT2D eigenvalue weighted by Crippen LogP contribution is 2.35. The highest BCUT2D eigenvalue weighted by Gasteiger charge is 2.41. The highest BCUT2D eigenvalue weighted by atomic mass is 16.4. The van der Waals surface area contributed by atoms with Gasteiger partial charge in [0.25, 0.3) is 0 Å². The minimum atomic E-state index is -1.01. The van der Waals surface area contributed by atoms with E-state index in [9.17, 15) is 14.7 Å². The van der Waals surface area contributed by atoms with Gasteiger partial charge in [-0.05, 0) is 29.6 Å². The SMILES string of the molecule is CC(C)(C)C1CCN(C(=O)C(C(=O)O)C(C)(C)C)CC1. The van der Waals surface area contributed by atoms with Crippen LogP contribution in [0.2, 0.25) is 0 Å². The largest absolute Gasteiger partial charge is 0.481 e. The summed E-state index contributed by atoms with van der Waals surface area (Å²) in [5.74, 6) is -1.59. The molecular formula is C16H29NO3. The van der Waals surface area contributed by atoms with Gasteiger partial charge in [0.2, 0.25) is 5.91 Å². The zero-order valence-corrected chi connectivity index (χ0v) is 13.7. The van der Waals surface area contributed by atoms with Crippen molar-refractivity contribution in [1.82, 2.24) is 4.90 Å². The van der Waals surface area contributed by atoms with Gasteiger partial charge in [-0.1, -0.05) is 41.5 Å². The van der Waals surface area contributed by atoms with Gasteiger partial charge in [0.1, 0.15) is 5.92 Å². The van der Waals surface area contributed by atoms with Gasteiger partial charge in [0, 0.05) is 13.1 Å². The Morgan fingerprint density at radius 3 is 1.80 bits per heavy atom. The van der Waals surface area contributed by atoms with Gasteiger partial charge in [-0.25, -0.2) is 0 Å². The van der Waals surface area contributed by atoms with E-state index in [0.717, 1.165) is 12.8 Å². The van der Waals surface area contributed by atoms with Gasteiger partial charge in [-0.2, -0.15) is 0 Å². The fourth-order valence-corrected chi connectivity index (χ4v) is 2.99. The van der Waals surface area contributed by atoms with Crippen LogP contribution in [0.1, 0.15) is 54.4 Å². The summed E-state index contributed by atoms with van der Waals surface area (Å²) in [6.45, 7) is 13.5. The van der Waals surface area contributed by atoms with E-state index in [1.807, 2.05) is 20.8 Å². The Morgan fingerprint density at radius 2 is 1.50 bits per heavy atom. The number of carboxylic acids is 1. The Hall–Kier alpha value is -1.06.